The molecule has 7 nitrogen and oxygen atoms in total. The Morgan fingerprint density at radius 1 is 0.914 bits per heavy atom. The van der Waals surface area contributed by atoms with E-state index in [0.29, 0.717) is 11.5 Å². The Bertz CT molecular complexity index is 1280. The molecule has 35 heavy (non-hydrogen) atoms. The van der Waals surface area contributed by atoms with Gasteiger partial charge in [-0.3, -0.25) is 0 Å². The van der Waals surface area contributed by atoms with E-state index < -0.39 is 11.7 Å². The third-order valence-corrected chi connectivity index (χ3v) is 4.93. The Hall–Kier alpha value is -3.97. The lowest BCUT2D eigenvalue weighted by molar-refractivity contribution is 0.0458. The maximum Gasteiger partial charge on any atom is 0.408 e. The topological polar surface area (TPSA) is 95.7 Å². The van der Waals surface area contributed by atoms with Crippen LogP contribution >= 0.6 is 0 Å². The van der Waals surface area contributed by atoms with E-state index in [9.17, 15) is 4.79 Å². The van der Waals surface area contributed by atoms with Crippen molar-refractivity contribution in [3.63, 3.8) is 0 Å². The zero-order valence-electron chi connectivity index (χ0n) is 21.5. The van der Waals surface area contributed by atoms with Crippen LogP contribution in [0.1, 0.15) is 88.7 Å². The SMILES string of the molecule is CCc1ncc(C#Cc2ccc(C#Cc3cnc(C(NC(=O)OC(C)(C)C)C(C)(C)C)[nH]3)cc2)[nH]1. The van der Waals surface area contributed by atoms with Gasteiger partial charge in [0.15, 0.2) is 0 Å². The van der Waals surface area contributed by atoms with Gasteiger partial charge in [-0.05, 0) is 62.3 Å². The van der Waals surface area contributed by atoms with Gasteiger partial charge >= 0.3 is 6.09 Å². The summed E-state index contributed by atoms with van der Waals surface area (Å²) in [6.45, 7) is 13.6. The second-order valence-corrected chi connectivity index (χ2v) is 10.3. The van der Waals surface area contributed by atoms with Crippen molar-refractivity contribution in [2.24, 2.45) is 5.41 Å². The van der Waals surface area contributed by atoms with Crippen LogP contribution in [0, 0.1) is 29.1 Å². The molecule has 1 aromatic carbocycles. The van der Waals surface area contributed by atoms with Gasteiger partial charge < -0.3 is 20.0 Å². The lowest BCUT2D eigenvalue weighted by Gasteiger charge is -2.31. The van der Waals surface area contributed by atoms with E-state index in [4.69, 9.17) is 4.74 Å². The first kappa shape index (κ1) is 25.6. The first-order valence-corrected chi connectivity index (χ1v) is 11.7. The van der Waals surface area contributed by atoms with Crippen molar-refractivity contribution in [1.29, 1.82) is 0 Å². The van der Waals surface area contributed by atoms with Crippen LogP contribution in [0.3, 0.4) is 0 Å². The molecule has 1 amide bonds. The number of rotatable bonds is 3. The minimum atomic E-state index is -0.578. The first-order chi connectivity index (χ1) is 16.4. The van der Waals surface area contributed by atoms with Crippen molar-refractivity contribution in [2.75, 3.05) is 0 Å². The standard InChI is InChI=1S/C28H33N5O2/c1-8-23-29-17-21(31-23)15-13-19-9-11-20(12-10-19)14-16-22-18-30-25(32-22)24(27(2,3)4)33-26(34)35-28(5,6)7/h9-12,17-18,24H,8H2,1-7H3,(H,29,31)(H,30,32)(H,33,34). The fraction of sp³-hybridized carbons (Fsp3) is 0.393. The maximum atomic E-state index is 12.4. The lowest BCUT2D eigenvalue weighted by Crippen LogP contribution is -2.40. The molecule has 0 saturated heterocycles. The largest absolute Gasteiger partial charge is 0.444 e. The molecule has 182 valence electrons. The molecule has 7 heteroatoms. The number of aromatic nitrogens is 4. The van der Waals surface area contributed by atoms with Crippen molar-refractivity contribution in [1.82, 2.24) is 25.3 Å². The average Bonchev–Trinajstić information content (AvgIpc) is 3.43. The van der Waals surface area contributed by atoms with E-state index >= 15 is 0 Å². The molecule has 2 aromatic heterocycles. The van der Waals surface area contributed by atoms with E-state index in [1.165, 1.54) is 0 Å². The second kappa shape index (κ2) is 10.5. The first-order valence-electron chi connectivity index (χ1n) is 11.7. The average molecular weight is 472 g/mol. The number of amides is 1. The fourth-order valence-corrected chi connectivity index (χ4v) is 3.19. The predicted molar refractivity (Wildman–Crippen MR) is 137 cm³/mol. The highest BCUT2D eigenvalue weighted by Gasteiger charge is 2.31. The van der Waals surface area contributed by atoms with Gasteiger partial charge in [0.05, 0.1) is 18.4 Å². The molecule has 0 aliphatic carbocycles. The highest BCUT2D eigenvalue weighted by atomic mass is 16.6. The van der Waals surface area contributed by atoms with Crippen molar-refractivity contribution < 1.29 is 9.53 Å². The number of carbonyl (C=O) groups is 1. The Labute approximate surface area is 207 Å². The Kier molecular flexibility index (Phi) is 7.71. The minimum absolute atomic E-state index is 0.287. The van der Waals surface area contributed by atoms with Gasteiger partial charge in [0.25, 0.3) is 0 Å². The smallest absolute Gasteiger partial charge is 0.408 e. The monoisotopic (exact) mass is 471 g/mol. The number of nitrogens with zero attached hydrogens (tertiary/aromatic N) is 2. The Morgan fingerprint density at radius 2 is 1.46 bits per heavy atom. The molecule has 3 N–H and O–H groups in total. The third-order valence-electron chi connectivity index (χ3n) is 4.93. The molecule has 0 spiro atoms. The molecular weight excluding hydrogens is 438 g/mol. The number of carbonyl (C=O) groups excluding carboxylic acids is 1. The number of imidazole rings is 2. The number of aromatic amines is 2. The number of nitrogens with one attached hydrogen (secondary N) is 3. The summed E-state index contributed by atoms with van der Waals surface area (Å²) < 4.78 is 5.42. The van der Waals surface area contributed by atoms with Gasteiger partial charge in [-0.25, -0.2) is 14.8 Å². The van der Waals surface area contributed by atoms with E-state index in [2.05, 4.69) is 48.9 Å². The maximum absolute atomic E-state index is 12.4. The van der Waals surface area contributed by atoms with E-state index in [1.807, 2.05) is 72.7 Å². The van der Waals surface area contributed by atoms with Crippen LogP contribution in [0.4, 0.5) is 4.79 Å². The Balaban J connectivity index is 1.70. The zero-order valence-corrected chi connectivity index (χ0v) is 21.5. The third kappa shape index (κ3) is 7.79. The van der Waals surface area contributed by atoms with Crippen LogP contribution in [0.2, 0.25) is 0 Å². The summed E-state index contributed by atoms with van der Waals surface area (Å²) in [5, 5.41) is 2.93. The van der Waals surface area contributed by atoms with Crippen LogP contribution in [-0.2, 0) is 11.2 Å². The highest BCUT2D eigenvalue weighted by molar-refractivity contribution is 5.68. The molecule has 2 heterocycles. The summed E-state index contributed by atoms with van der Waals surface area (Å²) in [6.07, 6.45) is 3.79. The van der Waals surface area contributed by atoms with E-state index in [1.54, 1.807) is 12.4 Å². The molecule has 0 aliphatic heterocycles. The molecule has 1 atom stereocenters. The molecule has 0 bridgehead atoms. The zero-order chi connectivity index (χ0) is 25.6. The summed E-state index contributed by atoms with van der Waals surface area (Å²) in [6, 6.07) is 7.37. The number of ether oxygens (including phenoxy) is 1. The minimum Gasteiger partial charge on any atom is -0.444 e. The molecule has 0 aliphatic rings. The molecule has 1 unspecified atom stereocenters. The number of H-pyrrole nitrogens is 2. The van der Waals surface area contributed by atoms with Gasteiger partial charge in [0, 0.05) is 17.5 Å². The number of hydrogen-bond acceptors (Lipinski definition) is 4. The Morgan fingerprint density at radius 3 is 1.94 bits per heavy atom. The van der Waals surface area contributed by atoms with Crippen LogP contribution in [0.5, 0.6) is 0 Å². The molecule has 0 fully saturated rings. The predicted octanol–water partition coefficient (Wildman–Crippen LogP) is 5.11. The van der Waals surface area contributed by atoms with Gasteiger partial charge in [0.2, 0.25) is 0 Å². The molecule has 3 aromatic rings. The van der Waals surface area contributed by atoms with Crippen molar-refractivity contribution >= 4 is 6.09 Å². The quantitative estimate of drug-likeness (QED) is 0.463. The van der Waals surface area contributed by atoms with Crippen molar-refractivity contribution in [2.45, 2.75) is 66.5 Å². The second-order valence-electron chi connectivity index (χ2n) is 10.3. The van der Waals surface area contributed by atoms with Gasteiger partial charge in [-0.15, -0.1) is 0 Å². The van der Waals surface area contributed by atoms with Gasteiger partial charge in [-0.1, -0.05) is 39.5 Å². The van der Waals surface area contributed by atoms with E-state index in [0.717, 1.165) is 29.1 Å². The molecular formula is C28H33N5O2. The normalized spacial score (nSPS) is 12.1. The summed E-state index contributed by atoms with van der Waals surface area (Å²) in [4.78, 5) is 27.5. The molecule has 3 rings (SSSR count). The fourth-order valence-electron chi connectivity index (χ4n) is 3.19. The summed E-state index contributed by atoms with van der Waals surface area (Å²) in [5.74, 6) is 14.0. The van der Waals surface area contributed by atoms with Crippen molar-refractivity contribution in [3.8, 4) is 23.7 Å². The number of aryl methyl sites for hydroxylation is 1. The number of alkyl carbamates (subject to hydrolysis) is 1. The molecule has 0 saturated carbocycles. The molecule has 0 radical (unpaired) electrons. The van der Waals surface area contributed by atoms with E-state index in [-0.39, 0.29) is 11.5 Å². The number of hydrogen-bond donors (Lipinski definition) is 3. The van der Waals surface area contributed by atoms with Crippen LogP contribution < -0.4 is 5.32 Å². The highest BCUT2D eigenvalue weighted by Crippen LogP contribution is 2.31. The summed E-state index contributed by atoms with van der Waals surface area (Å²) >= 11 is 0. The lowest BCUT2D eigenvalue weighted by atomic mass is 9.86. The van der Waals surface area contributed by atoms with Crippen LogP contribution in [0.15, 0.2) is 36.7 Å². The summed E-state index contributed by atoms with van der Waals surface area (Å²) in [5.41, 5.74) is 2.36. The van der Waals surface area contributed by atoms with Crippen LogP contribution in [-0.4, -0.2) is 31.6 Å². The van der Waals surface area contributed by atoms with Crippen LogP contribution in [0.25, 0.3) is 0 Å². The van der Waals surface area contributed by atoms with Gasteiger partial charge in [0.1, 0.15) is 28.6 Å². The number of benzene rings is 1. The van der Waals surface area contributed by atoms with Crippen molar-refractivity contribution in [3.05, 3.63) is 70.8 Å². The van der Waals surface area contributed by atoms with Gasteiger partial charge in [-0.2, -0.15) is 0 Å². The summed E-state index contributed by atoms with van der Waals surface area (Å²) in [7, 11) is 0.